The molecule has 2 N–H and O–H groups in total. The van der Waals surface area contributed by atoms with Gasteiger partial charge in [0.15, 0.2) is 0 Å². The lowest BCUT2D eigenvalue weighted by Crippen LogP contribution is -2.36. The summed E-state index contributed by atoms with van der Waals surface area (Å²) in [7, 11) is 0. The molecule has 2 atom stereocenters. The van der Waals surface area contributed by atoms with Crippen molar-refractivity contribution < 1.29 is 5.11 Å². The lowest BCUT2D eigenvalue weighted by atomic mass is 9.99. The van der Waals surface area contributed by atoms with Crippen LogP contribution < -0.4 is 5.32 Å². The van der Waals surface area contributed by atoms with Gasteiger partial charge in [-0.1, -0.05) is 6.07 Å². The fraction of sp³-hybridized carbons (Fsp3) is 0.385. The molecule has 0 aliphatic rings. The minimum absolute atomic E-state index is 0.278. The number of thiophene rings is 2. The maximum Gasteiger partial charge on any atom is 0.100 e. The van der Waals surface area contributed by atoms with E-state index in [2.05, 4.69) is 29.8 Å². The molecule has 0 saturated carbocycles. The van der Waals surface area contributed by atoms with Gasteiger partial charge in [0.1, 0.15) is 5.60 Å². The molecular formula is C13H17NOS2. The number of rotatable bonds is 5. The van der Waals surface area contributed by atoms with Crippen LogP contribution in [0.15, 0.2) is 34.3 Å². The standard InChI is InChI=1S/C13H17NOS2/c1-10(12-4-3-6-17-12)14-9-13(2,15)11-5-7-16-8-11/h3-8,10,14-15H,9H2,1-2H3. The monoisotopic (exact) mass is 267 g/mol. The van der Waals surface area contributed by atoms with Gasteiger partial charge in [-0.25, -0.2) is 0 Å². The zero-order valence-electron chi connectivity index (χ0n) is 10.0. The van der Waals surface area contributed by atoms with E-state index in [9.17, 15) is 5.11 Å². The average molecular weight is 267 g/mol. The second-order valence-electron chi connectivity index (χ2n) is 4.40. The molecule has 0 saturated heterocycles. The summed E-state index contributed by atoms with van der Waals surface area (Å²) in [6.45, 7) is 4.53. The topological polar surface area (TPSA) is 32.3 Å². The molecule has 0 aliphatic carbocycles. The SMILES string of the molecule is CC(NCC(C)(O)c1ccsc1)c1cccs1. The van der Waals surface area contributed by atoms with Crippen LogP contribution in [0.1, 0.15) is 30.3 Å². The van der Waals surface area contributed by atoms with Crippen LogP contribution in [-0.4, -0.2) is 11.7 Å². The predicted octanol–water partition coefficient (Wildman–Crippen LogP) is 3.37. The van der Waals surface area contributed by atoms with Gasteiger partial charge in [0.2, 0.25) is 0 Å². The molecule has 0 amide bonds. The molecule has 0 fully saturated rings. The first-order valence-electron chi connectivity index (χ1n) is 5.61. The molecule has 2 aromatic rings. The Morgan fingerprint density at radius 3 is 2.82 bits per heavy atom. The van der Waals surface area contributed by atoms with Crippen molar-refractivity contribution in [2.24, 2.45) is 0 Å². The summed E-state index contributed by atoms with van der Waals surface area (Å²) in [5.41, 5.74) is 0.180. The van der Waals surface area contributed by atoms with Gasteiger partial charge in [-0.05, 0) is 47.7 Å². The third kappa shape index (κ3) is 3.16. The third-order valence-corrected chi connectivity index (χ3v) is 4.60. The Balaban J connectivity index is 1.94. The Morgan fingerprint density at radius 1 is 1.41 bits per heavy atom. The van der Waals surface area contributed by atoms with Crippen molar-refractivity contribution in [3.63, 3.8) is 0 Å². The number of hydrogen-bond acceptors (Lipinski definition) is 4. The van der Waals surface area contributed by atoms with E-state index >= 15 is 0 Å². The maximum atomic E-state index is 10.4. The molecule has 2 rings (SSSR count). The van der Waals surface area contributed by atoms with Gasteiger partial charge >= 0.3 is 0 Å². The molecule has 0 aromatic carbocycles. The van der Waals surface area contributed by atoms with E-state index in [0.29, 0.717) is 6.54 Å². The van der Waals surface area contributed by atoms with Crippen molar-refractivity contribution in [2.75, 3.05) is 6.54 Å². The predicted molar refractivity (Wildman–Crippen MR) is 74.6 cm³/mol. The van der Waals surface area contributed by atoms with E-state index in [1.165, 1.54) is 4.88 Å². The smallest absolute Gasteiger partial charge is 0.100 e. The lowest BCUT2D eigenvalue weighted by Gasteiger charge is -2.25. The van der Waals surface area contributed by atoms with Gasteiger partial charge in [0, 0.05) is 17.5 Å². The molecule has 2 unspecified atom stereocenters. The second-order valence-corrected chi connectivity index (χ2v) is 6.16. The zero-order chi connectivity index (χ0) is 12.3. The molecule has 2 aromatic heterocycles. The van der Waals surface area contributed by atoms with E-state index in [0.717, 1.165) is 5.56 Å². The first-order valence-corrected chi connectivity index (χ1v) is 7.44. The van der Waals surface area contributed by atoms with Crippen LogP contribution in [0.2, 0.25) is 0 Å². The van der Waals surface area contributed by atoms with E-state index < -0.39 is 5.60 Å². The van der Waals surface area contributed by atoms with Crippen LogP contribution in [0, 0.1) is 0 Å². The highest BCUT2D eigenvalue weighted by Crippen LogP contribution is 2.24. The molecule has 2 nitrogen and oxygen atoms in total. The minimum atomic E-state index is -0.800. The summed E-state index contributed by atoms with van der Waals surface area (Å²) in [4.78, 5) is 1.30. The molecule has 0 aliphatic heterocycles. The Kier molecular flexibility index (Phi) is 3.99. The van der Waals surface area contributed by atoms with E-state index in [1.54, 1.807) is 22.7 Å². The highest BCUT2D eigenvalue weighted by molar-refractivity contribution is 7.10. The molecule has 4 heteroatoms. The quantitative estimate of drug-likeness (QED) is 0.870. The van der Waals surface area contributed by atoms with Crippen LogP contribution in [0.5, 0.6) is 0 Å². The molecule has 17 heavy (non-hydrogen) atoms. The summed E-state index contributed by atoms with van der Waals surface area (Å²) in [5, 5.41) is 19.8. The van der Waals surface area contributed by atoms with Crippen molar-refractivity contribution >= 4 is 22.7 Å². The Labute approximate surface area is 110 Å². The van der Waals surface area contributed by atoms with Crippen LogP contribution >= 0.6 is 22.7 Å². The summed E-state index contributed by atoms with van der Waals surface area (Å²) >= 11 is 3.35. The first-order chi connectivity index (χ1) is 8.09. The van der Waals surface area contributed by atoms with Crippen LogP contribution in [0.3, 0.4) is 0 Å². The zero-order valence-corrected chi connectivity index (χ0v) is 11.6. The summed E-state index contributed by atoms with van der Waals surface area (Å²) in [6.07, 6.45) is 0. The van der Waals surface area contributed by atoms with Crippen molar-refractivity contribution in [1.29, 1.82) is 0 Å². The highest BCUT2D eigenvalue weighted by atomic mass is 32.1. The van der Waals surface area contributed by atoms with Crippen LogP contribution in [0.4, 0.5) is 0 Å². The van der Waals surface area contributed by atoms with Gasteiger partial charge in [0.05, 0.1) is 0 Å². The number of aliphatic hydroxyl groups is 1. The van der Waals surface area contributed by atoms with E-state index in [-0.39, 0.29) is 6.04 Å². The molecule has 2 heterocycles. The van der Waals surface area contributed by atoms with Gasteiger partial charge < -0.3 is 10.4 Å². The molecule has 0 radical (unpaired) electrons. The van der Waals surface area contributed by atoms with Crippen LogP contribution in [0.25, 0.3) is 0 Å². The Bertz CT molecular complexity index is 434. The fourth-order valence-electron chi connectivity index (χ4n) is 1.66. The Hall–Kier alpha value is -0.680. The summed E-state index contributed by atoms with van der Waals surface area (Å²) in [5.74, 6) is 0. The van der Waals surface area contributed by atoms with Crippen molar-refractivity contribution in [1.82, 2.24) is 5.32 Å². The van der Waals surface area contributed by atoms with E-state index in [4.69, 9.17) is 0 Å². The molecule has 0 spiro atoms. The van der Waals surface area contributed by atoms with Crippen molar-refractivity contribution in [2.45, 2.75) is 25.5 Å². The van der Waals surface area contributed by atoms with Gasteiger partial charge in [-0.2, -0.15) is 11.3 Å². The third-order valence-electron chi connectivity index (χ3n) is 2.87. The van der Waals surface area contributed by atoms with Crippen molar-refractivity contribution in [3.05, 3.63) is 44.8 Å². The molecule has 92 valence electrons. The molecular weight excluding hydrogens is 250 g/mol. The normalized spacial score (nSPS) is 16.6. The summed E-state index contributed by atoms with van der Waals surface area (Å²) < 4.78 is 0. The van der Waals surface area contributed by atoms with Gasteiger partial charge in [-0.3, -0.25) is 0 Å². The van der Waals surface area contributed by atoms with E-state index in [1.807, 2.05) is 23.8 Å². The number of nitrogens with one attached hydrogen (secondary N) is 1. The summed E-state index contributed by atoms with van der Waals surface area (Å²) in [6, 6.07) is 6.42. The fourth-order valence-corrected chi connectivity index (χ4v) is 3.20. The largest absolute Gasteiger partial charge is 0.384 e. The molecule has 0 bridgehead atoms. The number of hydrogen-bond donors (Lipinski definition) is 2. The minimum Gasteiger partial charge on any atom is -0.384 e. The first kappa shape index (κ1) is 12.8. The highest BCUT2D eigenvalue weighted by Gasteiger charge is 2.24. The maximum absolute atomic E-state index is 10.4. The van der Waals surface area contributed by atoms with Crippen LogP contribution in [-0.2, 0) is 5.60 Å². The average Bonchev–Trinajstić information content (AvgIpc) is 2.97. The lowest BCUT2D eigenvalue weighted by molar-refractivity contribution is 0.0549. The second kappa shape index (κ2) is 5.31. The Morgan fingerprint density at radius 2 is 2.24 bits per heavy atom. The van der Waals surface area contributed by atoms with Gasteiger partial charge in [0.25, 0.3) is 0 Å². The van der Waals surface area contributed by atoms with Gasteiger partial charge in [-0.15, -0.1) is 11.3 Å². The van der Waals surface area contributed by atoms with Crippen molar-refractivity contribution in [3.8, 4) is 0 Å².